The summed E-state index contributed by atoms with van der Waals surface area (Å²) in [6.45, 7) is 7.98. The van der Waals surface area contributed by atoms with Crippen molar-refractivity contribution in [1.29, 1.82) is 0 Å². The maximum Gasteiger partial charge on any atom is 0.321 e. The van der Waals surface area contributed by atoms with Crippen LogP contribution in [0, 0.1) is 5.92 Å². The summed E-state index contributed by atoms with van der Waals surface area (Å²) < 4.78 is 0. The molecule has 21 heavy (non-hydrogen) atoms. The number of nitrogens with one attached hydrogen (secondary N) is 1. The number of carboxylic acid groups (broad SMARTS) is 1. The van der Waals surface area contributed by atoms with Gasteiger partial charge in [-0.25, -0.2) is 4.79 Å². The van der Waals surface area contributed by atoms with Crippen LogP contribution in [0.25, 0.3) is 0 Å². The standard InChI is InChI=1S/C16H24N2O3/c1-11(14(19)20)10-18(5)15(21)17-13-9-7-6-8-12(13)16(2,3)4/h6-9,11H,10H2,1-5H3,(H,17,21)(H,19,20). The number of amides is 2. The van der Waals surface area contributed by atoms with Crippen LogP contribution >= 0.6 is 0 Å². The first-order valence-corrected chi connectivity index (χ1v) is 6.97. The highest BCUT2D eigenvalue weighted by Gasteiger charge is 2.21. The molecule has 0 spiro atoms. The zero-order valence-electron chi connectivity index (χ0n) is 13.3. The average Bonchev–Trinajstić information content (AvgIpc) is 2.37. The van der Waals surface area contributed by atoms with Crippen LogP contribution < -0.4 is 5.32 Å². The van der Waals surface area contributed by atoms with Crippen molar-refractivity contribution in [2.24, 2.45) is 5.92 Å². The Morgan fingerprint density at radius 3 is 2.38 bits per heavy atom. The fourth-order valence-electron chi connectivity index (χ4n) is 2.03. The van der Waals surface area contributed by atoms with E-state index in [2.05, 4.69) is 26.1 Å². The van der Waals surface area contributed by atoms with Gasteiger partial charge in [0.1, 0.15) is 0 Å². The maximum absolute atomic E-state index is 12.2. The zero-order valence-corrected chi connectivity index (χ0v) is 13.3. The molecule has 0 bridgehead atoms. The lowest BCUT2D eigenvalue weighted by Crippen LogP contribution is -2.37. The van der Waals surface area contributed by atoms with Gasteiger partial charge in [-0.3, -0.25) is 4.79 Å². The Balaban J connectivity index is 2.82. The summed E-state index contributed by atoms with van der Waals surface area (Å²) in [6, 6.07) is 7.33. The number of hydrogen-bond donors (Lipinski definition) is 2. The van der Waals surface area contributed by atoms with Gasteiger partial charge in [-0.05, 0) is 17.0 Å². The minimum Gasteiger partial charge on any atom is -0.481 e. The van der Waals surface area contributed by atoms with Crippen LogP contribution in [0.5, 0.6) is 0 Å². The Morgan fingerprint density at radius 1 is 1.29 bits per heavy atom. The number of rotatable bonds is 4. The van der Waals surface area contributed by atoms with Crippen molar-refractivity contribution in [3.05, 3.63) is 29.8 Å². The largest absolute Gasteiger partial charge is 0.481 e. The molecule has 2 amide bonds. The first-order valence-electron chi connectivity index (χ1n) is 6.97. The smallest absolute Gasteiger partial charge is 0.321 e. The molecule has 116 valence electrons. The molecule has 1 unspecified atom stereocenters. The lowest BCUT2D eigenvalue weighted by Gasteiger charge is -2.25. The number of benzene rings is 1. The second-order valence-electron chi connectivity index (χ2n) is 6.35. The molecular weight excluding hydrogens is 268 g/mol. The van der Waals surface area contributed by atoms with E-state index in [9.17, 15) is 9.59 Å². The van der Waals surface area contributed by atoms with Gasteiger partial charge in [-0.2, -0.15) is 0 Å². The summed E-state index contributed by atoms with van der Waals surface area (Å²) >= 11 is 0. The molecule has 0 heterocycles. The van der Waals surface area contributed by atoms with Crippen molar-refractivity contribution in [1.82, 2.24) is 4.90 Å². The lowest BCUT2D eigenvalue weighted by molar-refractivity contribution is -0.141. The Labute approximate surface area is 126 Å². The highest BCUT2D eigenvalue weighted by Crippen LogP contribution is 2.29. The van der Waals surface area contributed by atoms with Crippen LogP contribution in [0.4, 0.5) is 10.5 Å². The van der Waals surface area contributed by atoms with Crippen LogP contribution in [-0.4, -0.2) is 35.6 Å². The summed E-state index contributed by atoms with van der Waals surface area (Å²) in [7, 11) is 1.59. The van der Waals surface area contributed by atoms with E-state index in [1.54, 1.807) is 14.0 Å². The third-order valence-electron chi connectivity index (χ3n) is 3.29. The lowest BCUT2D eigenvalue weighted by atomic mass is 9.86. The van der Waals surface area contributed by atoms with Crippen molar-refractivity contribution < 1.29 is 14.7 Å². The number of para-hydroxylation sites is 1. The van der Waals surface area contributed by atoms with Crippen molar-refractivity contribution >= 4 is 17.7 Å². The second-order valence-corrected chi connectivity index (χ2v) is 6.35. The first kappa shape index (κ1) is 17.0. The van der Waals surface area contributed by atoms with Gasteiger partial charge in [0.05, 0.1) is 5.92 Å². The highest BCUT2D eigenvalue weighted by molar-refractivity contribution is 5.90. The molecular formula is C16H24N2O3. The maximum atomic E-state index is 12.2. The Bertz CT molecular complexity index is 520. The van der Waals surface area contributed by atoms with Gasteiger partial charge in [0.2, 0.25) is 0 Å². The third kappa shape index (κ3) is 4.77. The molecule has 1 atom stereocenters. The SMILES string of the molecule is CC(CN(C)C(=O)Nc1ccccc1C(C)(C)C)C(=O)O. The first-order chi connectivity index (χ1) is 9.62. The Kier molecular flexibility index (Phi) is 5.35. The third-order valence-corrected chi connectivity index (χ3v) is 3.29. The molecule has 2 N–H and O–H groups in total. The molecule has 0 fully saturated rings. The van der Waals surface area contributed by atoms with Crippen molar-refractivity contribution in [3.8, 4) is 0 Å². The number of aliphatic carboxylic acids is 1. The van der Waals surface area contributed by atoms with Crippen molar-refractivity contribution in [2.45, 2.75) is 33.1 Å². The number of nitrogens with zero attached hydrogens (tertiary/aromatic N) is 1. The molecule has 0 radical (unpaired) electrons. The molecule has 5 nitrogen and oxygen atoms in total. The topological polar surface area (TPSA) is 69.6 Å². The van der Waals surface area contributed by atoms with Gasteiger partial charge in [0, 0.05) is 19.3 Å². The molecule has 0 aromatic heterocycles. The average molecular weight is 292 g/mol. The summed E-state index contributed by atoms with van der Waals surface area (Å²) in [6.07, 6.45) is 0. The number of carbonyl (C=O) groups is 2. The highest BCUT2D eigenvalue weighted by atomic mass is 16.4. The fourth-order valence-corrected chi connectivity index (χ4v) is 2.03. The predicted molar refractivity (Wildman–Crippen MR) is 83.6 cm³/mol. The molecule has 1 aromatic carbocycles. The molecule has 0 saturated heterocycles. The van der Waals surface area contributed by atoms with Gasteiger partial charge in [-0.1, -0.05) is 45.9 Å². The van der Waals surface area contributed by atoms with E-state index in [1.807, 2.05) is 24.3 Å². The summed E-state index contributed by atoms with van der Waals surface area (Å²) in [5, 5.41) is 11.7. The number of hydrogen-bond acceptors (Lipinski definition) is 2. The summed E-state index contributed by atoms with van der Waals surface area (Å²) in [5.74, 6) is -1.51. The second kappa shape index (κ2) is 6.61. The van der Waals surface area contributed by atoms with Crippen LogP contribution in [-0.2, 0) is 10.2 Å². The molecule has 0 aliphatic heterocycles. The van der Waals surface area contributed by atoms with Gasteiger partial charge >= 0.3 is 12.0 Å². The number of carbonyl (C=O) groups excluding carboxylic acids is 1. The van der Waals surface area contributed by atoms with E-state index >= 15 is 0 Å². The summed E-state index contributed by atoms with van der Waals surface area (Å²) in [4.78, 5) is 24.4. The van der Waals surface area contributed by atoms with Gasteiger partial charge in [-0.15, -0.1) is 0 Å². The van der Waals surface area contributed by atoms with Crippen molar-refractivity contribution in [3.63, 3.8) is 0 Å². The number of urea groups is 1. The number of carboxylic acids is 1. The molecule has 0 aliphatic carbocycles. The van der Waals surface area contributed by atoms with Crippen LogP contribution in [0.1, 0.15) is 33.3 Å². The quantitative estimate of drug-likeness (QED) is 0.895. The van der Waals surface area contributed by atoms with E-state index in [-0.39, 0.29) is 18.0 Å². The Hall–Kier alpha value is -2.04. The normalized spacial score (nSPS) is 12.6. The van der Waals surface area contributed by atoms with E-state index in [4.69, 9.17) is 5.11 Å². The van der Waals surface area contributed by atoms with Crippen molar-refractivity contribution in [2.75, 3.05) is 18.9 Å². The van der Waals surface area contributed by atoms with E-state index in [0.717, 1.165) is 11.3 Å². The molecule has 0 saturated carbocycles. The minimum atomic E-state index is -0.912. The van der Waals surface area contributed by atoms with E-state index < -0.39 is 11.9 Å². The Morgan fingerprint density at radius 2 is 1.86 bits per heavy atom. The molecule has 1 rings (SSSR count). The summed E-state index contributed by atoms with van der Waals surface area (Å²) in [5.41, 5.74) is 1.71. The molecule has 5 heteroatoms. The molecule has 0 aliphatic rings. The van der Waals surface area contributed by atoms with Gasteiger partial charge in [0.15, 0.2) is 0 Å². The van der Waals surface area contributed by atoms with E-state index in [0.29, 0.717) is 0 Å². The van der Waals surface area contributed by atoms with E-state index in [1.165, 1.54) is 4.90 Å². The predicted octanol–water partition coefficient (Wildman–Crippen LogP) is 3.17. The van der Waals surface area contributed by atoms with Gasteiger partial charge in [0.25, 0.3) is 0 Å². The van der Waals surface area contributed by atoms with Crippen LogP contribution in [0.3, 0.4) is 0 Å². The van der Waals surface area contributed by atoms with Crippen LogP contribution in [0.15, 0.2) is 24.3 Å². The molecule has 1 aromatic rings. The monoisotopic (exact) mass is 292 g/mol. The zero-order chi connectivity index (χ0) is 16.2. The number of anilines is 1. The minimum absolute atomic E-state index is 0.0865. The van der Waals surface area contributed by atoms with Gasteiger partial charge < -0.3 is 15.3 Å². The fraction of sp³-hybridized carbons (Fsp3) is 0.500. The van der Waals surface area contributed by atoms with Crippen LogP contribution in [0.2, 0.25) is 0 Å².